The molecule has 9 aromatic carbocycles. The molecule has 0 bridgehead atoms. The number of para-hydroxylation sites is 2. The van der Waals surface area contributed by atoms with E-state index in [1.165, 1.54) is 49.7 Å². The fourth-order valence-electron chi connectivity index (χ4n) is 11.8. The fourth-order valence-corrected chi connectivity index (χ4v) is 11.8. The number of hydrogen-bond acceptors (Lipinski definition) is 3. The lowest BCUT2D eigenvalue weighted by atomic mass is 9.57. The summed E-state index contributed by atoms with van der Waals surface area (Å²) in [4.78, 5) is 15.7. The van der Waals surface area contributed by atoms with Crippen molar-refractivity contribution in [1.82, 2.24) is 24.1 Å². The van der Waals surface area contributed by atoms with Gasteiger partial charge in [0.25, 0.3) is 0 Å². The first kappa shape index (κ1) is 42.7. The second kappa shape index (κ2) is 16.4. The van der Waals surface area contributed by atoms with E-state index in [2.05, 4.69) is 232 Å². The van der Waals surface area contributed by atoms with Crippen LogP contribution < -0.4 is 0 Å². The van der Waals surface area contributed by atoms with Gasteiger partial charge in [-0.15, -0.1) is 0 Å². The Kier molecular flexibility index (Phi) is 9.83. The molecule has 0 saturated carbocycles. The minimum atomic E-state index is 0.0650. The summed E-state index contributed by atoms with van der Waals surface area (Å²) in [6.45, 7) is 12.1. The average Bonchev–Trinajstić information content (AvgIpc) is 3.92. The van der Waals surface area contributed by atoms with Gasteiger partial charge in [-0.25, -0.2) is 4.98 Å². The minimum Gasteiger partial charge on any atom is -0.309 e. The first-order valence-electron chi connectivity index (χ1n) is 24.9. The molecule has 3 heterocycles. The van der Waals surface area contributed by atoms with Gasteiger partial charge < -0.3 is 4.57 Å². The second-order valence-corrected chi connectivity index (χ2v) is 20.8. The van der Waals surface area contributed by atoms with E-state index in [0.29, 0.717) is 23.5 Å². The molecule has 0 aliphatic heterocycles. The molecule has 1 atom stereocenters. The normalized spacial score (nSPS) is 15.1. The molecule has 0 spiro atoms. The van der Waals surface area contributed by atoms with Crippen LogP contribution in [0.15, 0.2) is 212 Å². The first-order chi connectivity index (χ1) is 34.6. The van der Waals surface area contributed by atoms with Gasteiger partial charge in [0.1, 0.15) is 0 Å². The van der Waals surface area contributed by atoms with Gasteiger partial charge in [-0.05, 0) is 110 Å². The van der Waals surface area contributed by atoms with E-state index in [-0.39, 0.29) is 10.8 Å². The molecule has 0 amide bonds. The van der Waals surface area contributed by atoms with Crippen LogP contribution in [0, 0.1) is 5.92 Å². The minimum absolute atomic E-state index is 0.0650. The van der Waals surface area contributed by atoms with Crippen molar-refractivity contribution in [2.24, 2.45) is 5.92 Å². The summed E-state index contributed by atoms with van der Waals surface area (Å²) < 4.78 is 4.66. The van der Waals surface area contributed by atoms with Gasteiger partial charge in [0.15, 0.2) is 11.6 Å². The smallest absolute Gasteiger partial charge is 0.238 e. The molecule has 342 valence electrons. The molecule has 0 saturated heterocycles. The molecule has 5 nitrogen and oxygen atoms in total. The third kappa shape index (κ3) is 7.01. The van der Waals surface area contributed by atoms with E-state index in [4.69, 9.17) is 15.0 Å². The van der Waals surface area contributed by atoms with Gasteiger partial charge in [-0.1, -0.05) is 204 Å². The van der Waals surface area contributed by atoms with E-state index >= 15 is 0 Å². The van der Waals surface area contributed by atoms with Crippen molar-refractivity contribution in [1.29, 1.82) is 0 Å². The molecule has 12 aromatic rings. The molecular weight excluding hydrogens is 863 g/mol. The summed E-state index contributed by atoms with van der Waals surface area (Å²) in [7, 11) is 0. The monoisotopic (exact) mass is 915 g/mol. The molecule has 0 radical (unpaired) electrons. The highest BCUT2D eigenvalue weighted by molar-refractivity contribution is 6.19. The van der Waals surface area contributed by atoms with Crippen molar-refractivity contribution < 1.29 is 0 Å². The third-order valence-electron chi connectivity index (χ3n) is 15.7. The topological polar surface area (TPSA) is 48.5 Å². The Morgan fingerprint density at radius 2 is 0.901 bits per heavy atom. The maximum atomic E-state index is 5.33. The van der Waals surface area contributed by atoms with Crippen LogP contribution in [0.4, 0.5) is 0 Å². The highest BCUT2D eigenvalue weighted by Gasteiger charge is 2.43. The van der Waals surface area contributed by atoms with Crippen molar-refractivity contribution in [3.05, 3.63) is 223 Å². The van der Waals surface area contributed by atoms with Crippen LogP contribution in [-0.2, 0) is 10.8 Å². The zero-order valence-corrected chi connectivity index (χ0v) is 40.7. The van der Waals surface area contributed by atoms with Crippen LogP contribution >= 0.6 is 0 Å². The summed E-state index contributed by atoms with van der Waals surface area (Å²) in [5.41, 5.74) is 17.7. The predicted molar refractivity (Wildman–Crippen MR) is 296 cm³/mol. The Labute approximate surface area is 414 Å². The van der Waals surface area contributed by atoms with Crippen LogP contribution in [0.2, 0.25) is 0 Å². The molecule has 5 heteroatoms. The number of aromatic nitrogens is 5. The van der Waals surface area contributed by atoms with Crippen LogP contribution in [-0.4, -0.2) is 24.1 Å². The Morgan fingerprint density at radius 1 is 0.394 bits per heavy atom. The molecule has 13 rings (SSSR count). The molecule has 71 heavy (non-hydrogen) atoms. The highest BCUT2D eigenvalue weighted by Crippen LogP contribution is 2.52. The van der Waals surface area contributed by atoms with Crippen molar-refractivity contribution in [3.63, 3.8) is 0 Å². The molecule has 1 aliphatic rings. The standard InChI is InChI=1S/C66H53N5/c1-42-41-65(2,3)61-51(29-18-30-56(61)66(42,4)5)49-25-16-23-47(37-49)48-24-17-26-50(38-48)70-57-31-14-12-27-52(57)54-39-55-53-28-13-15-32-58(53)71(60(55)40-59(54)70)64-68-62(45-21-10-7-11-22-45)67-63(69-64)46-35-33-44(34-36-46)43-19-8-6-9-20-43/h6-40,42H,41H2,1-5H3. The summed E-state index contributed by atoms with van der Waals surface area (Å²) in [6.07, 6.45) is 1.16. The largest absolute Gasteiger partial charge is 0.309 e. The number of nitrogens with zero attached hydrogens (tertiary/aromatic N) is 5. The third-order valence-corrected chi connectivity index (χ3v) is 15.7. The molecule has 1 aliphatic carbocycles. The Bertz CT molecular complexity index is 4030. The number of benzene rings is 9. The SMILES string of the molecule is CC1CC(C)(C)c2c(-c3cccc(-c4cccc(-n5c6ccccc6c6cc7c8ccccc8n(-c8nc(-c9ccccc9)nc(-c9ccc(-c%10ccccc%10)cc9)n8)c7cc65)c4)c3)cccc2C1(C)C. The van der Waals surface area contributed by atoms with Gasteiger partial charge in [0, 0.05) is 38.4 Å². The summed E-state index contributed by atoms with van der Waals surface area (Å²) >= 11 is 0. The zero-order valence-electron chi connectivity index (χ0n) is 40.7. The lowest BCUT2D eigenvalue weighted by Crippen LogP contribution is -2.40. The van der Waals surface area contributed by atoms with E-state index in [1.54, 1.807) is 0 Å². The van der Waals surface area contributed by atoms with Gasteiger partial charge in [0.2, 0.25) is 5.95 Å². The first-order valence-corrected chi connectivity index (χ1v) is 24.9. The number of rotatable bonds is 7. The van der Waals surface area contributed by atoms with Gasteiger partial charge in [0.05, 0.1) is 22.1 Å². The van der Waals surface area contributed by atoms with Crippen LogP contribution in [0.1, 0.15) is 52.2 Å². The second-order valence-electron chi connectivity index (χ2n) is 20.8. The van der Waals surface area contributed by atoms with Crippen LogP contribution in [0.25, 0.3) is 111 Å². The van der Waals surface area contributed by atoms with E-state index < -0.39 is 0 Å². The summed E-state index contributed by atoms with van der Waals surface area (Å²) in [5.74, 6) is 2.39. The molecular formula is C66H53N5. The number of hydrogen-bond donors (Lipinski definition) is 0. The van der Waals surface area contributed by atoms with E-state index in [9.17, 15) is 0 Å². The highest BCUT2D eigenvalue weighted by atomic mass is 15.2. The lowest BCUT2D eigenvalue weighted by Gasteiger charge is -2.47. The molecule has 0 fully saturated rings. The fraction of sp³-hybridized carbons (Fsp3) is 0.136. The average molecular weight is 916 g/mol. The Hall–Kier alpha value is -8.41. The summed E-state index contributed by atoms with van der Waals surface area (Å²) in [6, 6.07) is 76.5. The zero-order chi connectivity index (χ0) is 48.0. The van der Waals surface area contributed by atoms with Crippen LogP contribution in [0.5, 0.6) is 0 Å². The predicted octanol–water partition coefficient (Wildman–Crippen LogP) is 17.0. The number of fused-ring (bicyclic) bond motifs is 7. The molecule has 3 aromatic heterocycles. The van der Waals surface area contributed by atoms with Gasteiger partial charge in [-0.3, -0.25) is 4.57 Å². The quantitative estimate of drug-likeness (QED) is 0.160. The van der Waals surface area contributed by atoms with Crippen LogP contribution in [0.3, 0.4) is 0 Å². The van der Waals surface area contributed by atoms with Crippen molar-refractivity contribution in [2.75, 3.05) is 0 Å². The Balaban J connectivity index is 0.984. The van der Waals surface area contributed by atoms with Gasteiger partial charge >= 0.3 is 0 Å². The van der Waals surface area contributed by atoms with Crippen molar-refractivity contribution >= 4 is 43.6 Å². The maximum absolute atomic E-state index is 5.33. The van der Waals surface area contributed by atoms with E-state index in [1.807, 2.05) is 24.3 Å². The molecule has 0 N–H and O–H groups in total. The van der Waals surface area contributed by atoms with E-state index in [0.717, 1.165) is 61.6 Å². The summed E-state index contributed by atoms with van der Waals surface area (Å²) in [5, 5.41) is 4.67. The molecule has 1 unspecified atom stereocenters. The van der Waals surface area contributed by atoms with Crippen molar-refractivity contribution in [2.45, 2.75) is 51.9 Å². The van der Waals surface area contributed by atoms with Gasteiger partial charge in [-0.2, -0.15) is 9.97 Å². The Morgan fingerprint density at radius 3 is 1.59 bits per heavy atom. The lowest BCUT2D eigenvalue weighted by molar-refractivity contribution is 0.234. The van der Waals surface area contributed by atoms with Crippen molar-refractivity contribution in [3.8, 4) is 67.8 Å². The maximum Gasteiger partial charge on any atom is 0.238 e.